The van der Waals surface area contributed by atoms with Gasteiger partial charge < -0.3 is 18.8 Å². The minimum Gasteiger partial charge on any atom is -0.497 e. The second-order valence-corrected chi connectivity index (χ2v) is 6.71. The predicted octanol–water partition coefficient (Wildman–Crippen LogP) is 3.52. The summed E-state index contributed by atoms with van der Waals surface area (Å²) in [5, 5.41) is 8.10. The first-order chi connectivity index (χ1) is 14.0. The largest absolute Gasteiger partial charge is 0.497 e. The highest BCUT2D eigenvalue weighted by Gasteiger charge is 2.13. The van der Waals surface area contributed by atoms with Crippen LogP contribution in [0.3, 0.4) is 0 Å². The molecule has 3 aromatic rings. The molecule has 0 unspecified atom stereocenters. The molecule has 0 aliphatic rings. The van der Waals surface area contributed by atoms with Crippen LogP contribution in [0, 0.1) is 6.92 Å². The van der Waals surface area contributed by atoms with E-state index in [0.717, 1.165) is 22.6 Å². The SMILES string of the molecule is COc1ccc(OCCN(C)C(=O)CCc2nnc(-c3ccc(C)cc3)o2)cc1. The van der Waals surface area contributed by atoms with Crippen LogP contribution in [0.4, 0.5) is 0 Å². The van der Waals surface area contributed by atoms with Crippen LogP contribution >= 0.6 is 0 Å². The van der Waals surface area contributed by atoms with Gasteiger partial charge >= 0.3 is 0 Å². The molecule has 152 valence electrons. The van der Waals surface area contributed by atoms with Crippen LogP contribution in [-0.4, -0.2) is 48.3 Å². The first kappa shape index (κ1) is 20.4. The van der Waals surface area contributed by atoms with E-state index in [-0.39, 0.29) is 5.91 Å². The van der Waals surface area contributed by atoms with E-state index in [4.69, 9.17) is 13.9 Å². The Hall–Kier alpha value is -3.35. The van der Waals surface area contributed by atoms with Crippen molar-refractivity contribution in [1.82, 2.24) is 15.1 Å². The van der Waals surface area contributed by atoms with Crippen molar-refractivity contribution in [2.45, 2.75) is 19.8 Å². The van der Waals surface area contributed by atoms with Crippen LogP contribution in [-0.2, 0) is 11.2 Å². The fraction of sp³-hybridized carbons (Fsp3) is 0.318. The first-order valence-corrected chi connectivity index (χ1v) is 9.45. The van der Waals surface area contributed by atoms with E-state index >= 15 is 0 Å². The molecular weight excluding hydrogens is 370 g/mol. The van der Waals surface area contributed by atoms with Crippen molar-refractivity contribution >= 4 is 5.91 Å². The van der Waals surface area contributed by atoms with Crippen molar-refractivity contribution < 1.29 is 18.7 Å². The number of aromatic nitrogens is 2. The van der Waals surface area contributed by atoms with Gasteiger partial charge in [-0.15, -0.1) is 10.2 Å². The van der Waals surface area contributed by atoms with Gasteiger partial charge in [0.1, 0.15) is 18.1 Å². The van der Waals surface area contributed by atoms with E-state index in [1.807, 2.05) is 55.5 Å². The summed E-state index contributed by atoms with van der Waals surface area (Å²) in [5.74, 6) is 2.43. The van der Waals surface area contributed by atoms with Crippen molar-refractivity contribution in [3.05, 3.63) is 60.0 Å². The number of nitrogens with zero attached hydrogens (tertiary/aromatic N) is 3. The van der Waals surface area contributed by atoms with Gasteiger partial charge in [-0.05, 0) is 43.3 Å². The Morgan fingerprint density at radius 2 is 1.72 bits per heavy atom. The molecule has 0 aliphatic carbocycles. The van der Waals surface area contributed by atoms with Crippen LogP contribution in [0.25, 0.3) is 11.5 Å². The Morgan fingerprint density at radius 1 is 1.03 bits per heavy atom. The van der Waals surface area contributed by atoms with Crippen LogP contribution < -0.4 is 9.47 Å². The van der Waals surface area contributed by atoms with Crippen molar-refractivity contribution in [2.75, 3.05) is 27.3 Å². The summed E-state index contributed by atoms with van der Waals surface area (Å²) in [5.41, 5.74) is 2.03. The van der Waals surface area contributed by atoms with E-state index in [1.54, 1.807) is 19.1 Å². The summed E-state index contributed by atoms with van der Waals surface area (Å²) in [4.78, 5) is 14.0. The smallest absolute Gasteiger partial charge is 0.247 e. The number of likely N-dealkylation sites (N-methyl/N-ethyl adjacent to an activating group) is 1. The Balaban J connectivity index is 1.42. The van der Waals surface area contributed by atoms with Crippen molar-refractivity contribution in [2.24, 2.45) is 0 Å². The Labute approximate surface area is 170 Å². The summed E-state index contributed by atoms with van der Waals surface area (Å²) in [6.07, 6.45) is 0.704. The third-order valence-corrected chi connectivity index (χ3v) is 4.50. The molecule has 0 N–H and O–H groups in total. The molecule has 1 amide bonds. The van der Waals surface area contributed by atoms with Crippen LogP contribution in [0.15, 0.2) is 52.9 Å². The zero-order valence-corrected chi connectivity index (χ0v) is 16.9. The topological polar surface area (TPSA) is 77.7 Å². The molecule has 0 saturated carbocycles. The van der Waals surface area contributed by atoms with Gasteiger partial charge in [0.25, 0.3) is 0 Å². The third kappa shape index (κ3) is 5.81. The molecule has 0 bridgehead atoms. The van der Waals surface area contributed by atoms with E-state index in [2.05, 4.69) is 10.2 Å². The minimum atomic E-state index is -0.00147. The predicted molar refractivity (Wildman–Crippen MR) is 109 cm³/mol. The Kier molecular flexibility index (Phi) is 6.84. The quantitative estimate of drug-likeness (QED) is 0.552. The Bertz CT molecular complexity index is 920. The zero-order chi connectivity index (χ0) is 20.6. The maximum absolute atomic E-state index is 12.3. The molecule has 2 aromatic carbocycles. The number of amides is 1. The molecule has 0 atom stereocenters. The average Bonchev–Trinajstić information content (AvgIpc) is 3.22. The fourth-order valence-electron chi connectivity index (χ4n) is 2.67. The lowest BCUT2D eigenvalue weighted by molar-refractivity contribution is -0.130. The number of hydrogen-bond donors (Lipinski definition) is 0. The molecule has 3 rings (SSSR count). The lowest BCUT2D eigenvalue weighted by atomic mass is 10.1. The molecule has 1 aromatic heterocycles. The number of benzene rings is 2. The highest BCUT2D eigenvalue weighted by Crippen LogP contribution is 2.19. The first-order valence-electron chi connectivity index (χ1n) is 9.45. The number of rotatable bonds is 9. The summed E-state index contributed by atoms with van der Waals surface area (Å²) >= 11 is 0. The number of aryl methyl sites for hydroxylation is 2. The molecule has 0 fully saturated rings. The molecule has 29 heavy (non-hydrogen) atoms. The van der Waals surface area contributed by atoms with Crippen molar-refractivity contribution in [1.29, 1.82) is 0 Å². The summed E-state index contributed by atoms with van der Waals surface area (Å²) in [6, 6.07) is 15.2. The highest BCUT2D eigenvalue weighted by molar-refractivity contribution is 5.76. The molecule has 0 saturated heterocycles. The summed E-state index contributed by atoms with van der Waals surface area (Å²) in [6.45, 7) is 2.92. The van der Waals surface area contributed by atoms with Crippen LogP contribution in [0.1, 0.15) is 17.9 Å². The molecule has 0 radical (unpaired) electrons. The van der Waals surface area contributed by atoms with Gasteiger partial charge in [0.2, 0.25) is 17.7 Å². The average molecular weight is 395 g/mol. The van der Waals surface area contributed by atoms with Crippen molar-refractivity contribution in [3.8, 4) is 23.0 Å². The van der Waals surface area contributed by atoms with Gasteiger partial charge in [0.15, 0.2) is 0 Å². The second kappa shape index (κ2) is 9.73. The maximum Gasteiger partial charge on any atom is 0.247 e. The monoisotopic (exact) mass is 395 g/mol. The van der Waals surface area contributed by atoms with Gasteiger partial charge in [-0.3, -0.25) is 4.79 Å². The Morgan fingerprint density at radius 3 is 2.41 bits per heavy atom. The van der Waals surface area contributed by atoms with E-state index in [9.17, 15) is 4.79 Å². The lowest BCUT2D eigenvalue weighted by Crippen LogP contribution is -2.31. The molecule has 7 heteroatoms. The molecule has 0 spiro atoms. The van der Waals surface area contributed by atoms with E-state index in [1.165, 1.54) is 0 Å². The molecule has 0 aliphatic heterocycles. The van der Waals surface area contributed by atoms with E-state index < -0.39 is 0 Å². The molecular formula is C22H25N3O4. The normalized spacial score (nSPS) is 10.6. The minimum absolute atomic E-state index is 0.00147. The maximum atomic E-state index is 12.3. The summed E-state index contributed by atoms with van der Waals surface area (Å²) in [7, 11) is 3.37. The van der Waals surface area contributed by atoms with Crippen molar-refractivity contribution in [3.63, 3.8) is 0 Å². The van der Waals surface area contributed by atoms with Gasteiger partial charge in [-0.1, -0.05) is 17.7 Å². The van der Waals surface area contributed by atoms with Gasteiger partial charge in [0, 0.05) is 25.5 Å². The number of methoxy groups -OCH3 is 1. The lowest BCUT2D eigenvalue weighted by Gasteiger charge is -2.17. The number of ether oxygens (including phenoxy) is 2. The van der Waals surface area contributed by atoms with Crippen LogP contribution in [0.5, 0.6) is 11.5 Å². The summed E-state index contributed by atoms with van der Waals surface area (Å²) < 4.78 is 16.4. The van der Waals surface area contributed by atoms with Gasteiger partial charge in [-0.2, -0.15) is 0 Å². The van der Waals surface area contributed by atoms with E-state index in [0.29, 0.717) is 37.8 Å². The molecule has 7 nitrogen and oxygen atoms in total. The van der Waals surface area contributed by atoms with Gasteiger partial charge in [-0.25, -0.2) is 0 Å². The number of carbonyl (C=O) groups excluding carboxylic acids is 1. The highest BCUT2D eigenvalue weighted by atomic mass is 16.5. The van der Waals surface area contributed by atoms with Gasteiger partial charge in [0.05, 0.1) is 13.7 Å². The fourth-order valence-corrected chi connectivity index (χ4v) is 2.67. The third-order valence-electron chi connectivity index (χ3n) is 4.50. The standard InChI is InChI=1S/C22H25N3O4/c1-16-4-6-17(7-5-16)22-24-23-20(29-22)12-13-21(26)25(2)14-15-28-19-10-8-18(27-3)9-11-19/h4-11H,12-15H2,1-3H3. The number of carbonyl (C=O) groups is 1. The second-order valence-electron chi connectivity index (χ2n) is 6.71. The van der Waals surface area contributed by atoms with Crippen LogP contribution in [0.2, 0.25) is 0 Å². The number of hydrogen-bond acceptors (Lipinski definition) is 6. The molecule has 1 heterocycles. The zero-order valence-electron chi connectivity index (χ0n) is 16.9.